The maximum atomic E-state index is 11.9. The number of carbonyl (C=O) groups excluding carboxylic acids is 1. The molecule has 0 spiro atoms. The highest BCUT2D eigenvalue weighted by Gasteiger charge is 2.17. The fraction of sp³-hybridized carbons (Fsp3) is 0.643. The van der Waals surface area contributed by atoms with Crippen LogP contribution in [0.1, 0.15) is 31.1 Å². The molecule has 1 aromatic rings. The smallest absolute Gasteiger partial charge is 0.220 e. The Kier molecular flexibility index (Phi) is 5.20. The Morgan fingerprint density at radius 2 is 2.56 bits per heavy atom. The summed E-state index contributed by atoms with van der Waals surface area (Å²) < 4.78 is 0. The SMILES string of the molecule is CC(Cc1cccs1)NC(=O)CC1CCCNC1. The predicted molar refractivity (Wildman–Crippen MR) is 75.8 cm³/mol. The van der Waals surface area contributed by atoms with Crippen LogP contribution in [0.3, 0.4) is 0 Å². The van der Waals surface area contributed by atoms with E-state index in [2.05, 4.69) is 35.1 Å². The lowest BCUT2D eigenvalue weighted by atomic mass is 9.96. The van der Waals surface area contributed by atoms with Crippen LogP contribution in [0.25, 0.3) is 0 Å². The van der Waals surface area contributed by atoms with Crippen molar-refractivity contribution in [1.29, 1.82) is 0 Å². The molecule has 1 aliphatic heterocycles. The van der Waals surface area contributed by atoms with E-state index in [1.54, 1.807) is 11.3 Å². The number of piperidine rings is 1. The fourth-order valence-corrected chi connectivity index (χ4v) is 3.31. The molecule has 1 saturated heterocycles. The number of hydrogen-bond acceptors (Lipinski definition) is 3. The zero-order chi connectivity index (χ0) is 12.8. The van der Waals surface area contributed by atoms with E-state index in [0.717, 1.165) is 19.5 Å². The summed E-state index contributed by atoms with van der Waals surface area (Å²) in [6, 6.07) is 4.41. The third-order valence-electron chi connectivity index (χ3n) is 3.37. The standard InChI is InChI=1S/C14H22N2OS/c1-11(8-13-5-3-7-18-13)16-14(17)9-12-4-2-6-15-10-12/h3,5,7,11-12,15H,2,4,6,8-10H2,1H3,(H,16,17). The van der Waals surface area contributed by atoms with Gasteiger partial charge >= 0.3 is 0 Å². The number of hydrogen-bond donors (Lipinski definition) is 2. The van der Waals surface area contributed by atoms with Gasteiger partial charge in [0.05, 0.1) is 0 Å². The Balaban J connectivity index is 1.69. The molecule has 1 fully saturated rings. The van der Waals surface area contributed by atoms with Crippen molar-refractivity contribution in [1.82, 2.24) is 10.6 Å². The molecule has 2 unspecified atom stereocenters. The second-order valence-electron chi connectivity index (χ2n) is 5.17. The van der Waals surface area contributed by atoms with Crippen LogP contribution in [0.5, 0.6) is 0 Å². The van der Waals surface area contributed by atoms with Gasteiger partial charge in [-0.05, 0) is 50.2 Å². The highest BCUT2D eigenvalue weighted by Crippen LogP contribution is 2.14. The summed E-state index contributed by atoms with van der Waals surface area (Å²) in [6.45, 7) is 4.18. The molecule has 1 amide bonds. The van der Waals surface area contributed by atoms with Crippen molar-refractivity contribution in [3.63, 3.8) is 0 Å². The van der Waals surface area contributed by atoms with Gasteiger partial charge in [-0.2, -0.15) is 0 Å². The van der Waals surface area contributed by atoms with Crippen molar-refractivity contribution in [2.75, 3.05) is 13.1 Å². The minimum Gasteiger partial charge on any atom is -0.353 e. The average Bonchev–Trinajstić information content (AvgIpc) is 2.82. The molecular formula is C14H22N2OS. The van der Waals surface area contributed by atoms with Crippen molar-refractivity contribution in [3.8, 4) is 0 Å². The van der Waals surface area contributed by atoms with Gasteiger partial charge in [0.2, 0.25) is 5.91 Å². The lowest BCUT2D eigenvalue weighted by Gasteiger charge is -2.23. The first-order valence-corrected chi connectivity index (χ1v) is 7.64. The van der Waals surface area contributed by atoms with Gasteiger partial charge in [0, 0.05) is 23.8 Å². The molecule has 0 aliphatic carbocycles. The molecule has 0 aromatic carbocycles. The van der Waals surface area contributed by atoms with E-state index in [1.807, 2.05) is 0 Å². The maximum Gasteiger partial charge on any atom is 0.220 e. The van der Waals surface area contributed by atoms with E-state index in [1.165, 1.54) is 17.7 Å². The molecular weight excluding hydrogens is 244 g/mol. The van der Waals surface area contributed by atoms with Crippen molar-refractivity contribution in [3.05, 3.63) is 22.4 Å². The van der Waals surface area contributed by atoms with Crippen molar-refractivity contribution in [2.45, 2.75) is 38.6 Å². The molecule has 0 bridgehead atoms. The first kappa shape index (κ1) is 13.6. The Morgan fingerprint density at radius 3 is 3.22 bits per heavy atom. The summed E-state index contributed by atoms with van der Waals surface area (Å²) in [7, 11) is 0. The molecule has 1 aromatic heterocycles. The number of thiophene rings is 1. The van der Waals surface area contributed by atoms with Crippen LogP contribution in [0.4, 0.5) is 0 Å². The first-order valence-electron chi connectivity index (χ1n) is 6.76. The molecule has 2 heterocycles. The Morgan fingerprint density at radius 1 is 1.67 bits per heavy atom. The Bertz CT molecular complexity index is 358. The summed E-state index contributed by atoms with van der Waals surface area (Å²) in [5.74, 6) is 0.723. The number of amides is 1. The van der Waals surface area contributed by atoms with E-state index in [0.29, 0.717) is 12.3 Å². The van der Waals surface area contributed by atoms with Crippen LogP contribution in [0.15, 0.2) is 17.5 Å². The lowest BCUT2D eigenvalue weighted by Crippen LogP contribution is -2.38. The van der Waals surface area contributed by atoms with Gasteiger partial charge in [-0.1, -0.05) is 6.07 Å². The quantitative estimate of drug-likeness (QED) is 0.857. The van der Waals surface area contributed by atoms with Crippen LogP contribution in [-0.2, 0) is 11.2 Å². The van der Waals surface area contributed by atoms with E-state index in [-0.39, 0.29) is 11.9 Å². The van der Waals surface area contributed by atoms with Crippen molar-refractivity contribution >= 4 is 17.2 Å². The van der Waals surface area contributed by atoms with Crippen molar-refractivity contribution in [2.24, 2.45) is 5.92 Å². The molecule has 18 heavy (non-hydrogen) atoms. The van der Waals surface area contributed by atoms with Crippen LogP contribution in [0.2, 0.25) is 0 Å². The fourth-order valence-electron chi connectivity index (χ4n) is 2.48. The highest BCUT2D eigenvalue weighted by atomic mass is 32.1. The molecule has 4 heteroatoms. The monoisotopic (exact) mass is 266 g/mol. The van der Waals surface area contributed by atoms with E-state index < -0.39 is 0 Å². The topological polar surface area (TPSA) is 41.1 Å². The molecule has 0 saturated carbocycles. The molecule has 100 valence electrons. The molecule has 2 N–H and O–H groups in total. The largest absolute Gasteiger partial charge is 0.353 e. The normalized spacial score (nSPS) is 21.5. The summed E-state index contributed by atoms with van der Waals surface area (Å²) in [6.07, 6.45) is 3.98. The van der Waals surface area contributed by atoms with Gasteiger partial charge in [0.15, 0.2) is 0 Å². The van der Waals surface area contributed by atoms with Gasteiger partial charge in [-0.25, -0.2) is 0 Å². The number of nitrogens with one attached hydrogen (secondary N) is 2. The van der Waals surface area contributed by atoms with Crippen LogP contribution < -0.4 is 10.6 Å². The minimum absolute atomic E-state index is 0.202. The molecule has 3 nitrogen and oxygen atoms in total. The lowest BCUT2D eigenvalue weighted by molar-refractivity contribution is -0.122. The summed E-state index contributed by atoms with van der Waals surface area (Å²) >= 11 is 1.75. The van der Waals surface area contributed by atoms with Gasteiger partial charge in [-0.15, -0.1) is 11.3 Å². The summed E-state index contributed by atoms with van der Waals surface area (Å²) in [5, 5.41) is 8.54. The molecule has 2 atom stereocenters. The van der Waals surface area contributed by atoms with Gasteiger partial charge in [-0.3, -0.25) is 4.79 Å². The Labute approximate surface area is 113 Å². The molecule has 0 radical (unpaired) electrons. The first-order chi connectivity index (χ1) is 8.74. The van der Waals surface area contributed by atoms with Crippen LogP contribution in [0, 0.1) is 5.92 Å². The van der Waals surface area contributed by atoms with Crippen LogP contribution in [-0.4, -0.2) is 25.0 Å². The second kappa shape index (κ2) is 6.90. The van der Waals surface area contributed by atoms with Gasteiger partial charge in [0.25, 0.3) is 0 Å². The Hall–Kier alpha value is -0.870. The maximum absolute atomic E-state index is 11.9. The van der Waals surface area contributed by atoms with E-state index in [4.69, 9.17) is 0 Å². The minimum atomic E-state index is 0.202. The van der Waals surface area contributed by atoms with Gasteiger partial charge < -0.3 is 10.6 Å². The van der Waals surface area contributed by atoms with E-state index in [9.17, 15) is 4.79 Å². The zero-order valence-electron chi connectivity index (χ0n) is 10.9. The van der Waals surface area contributed by atoms with Crippen LogP contribution >= 0.6 is 11.3 Å². The molecule has 1 aliphatic rings. The third kappa shape index (κ3) is 4.42. The number of rotatable bonds is 5. The van der Waals surface area contributed by atoms with Gasteiger partial charge in [0.1, 0.15) is 0 Å². The summed E-state index contributed by atoms with van der Waals surface area (Å²) in [4.78, 5) is 13.2. The third-order valence-corrected chi connectivity index (χ3v) is 4.27. The predicted octanol–water partition coefficient (Wildman–Crippen LogP) is 2.18. The molecule has 2 rings (SSSR count). The zero-order valence-corrected chi connectivity index (χ0v) is 11.8. The number of carbonyl (C=O) groups is 1. The second-order valence-corrected chi connectivity index (χ2v) is 6.20. The summed E-state index contributed by atoms with van der Waals surface area (Å²) in [5.41, 5.74) is 0. The van der Waals surface area contributed by atoms with E-state index >= 15 is 0 Å². The van der Waals surface area contributed by atoms with Crippen molar-refractivity contribution < 1.29 is 4.79 Å². The average molecular weight is 266 g/mol. The highest BCUT2D eigenvalue weighted by molar-refractivity contribution is 7.09.